The summed E-state index contributed by atoms with van der Waals surface area (Å²) in [5, 5.41) is 0. The highest BCUT2D eigenvalue weighted by Gasteiger charge is 2.24. The average Bonchev–Trinajstić information content (AvgIpc) is 1.87. The molecule has 0 N–H and O–H groups in total. The van der Waals surface area contributed by atoms with Crippen LogP contribution >= 0.6 is 11.6 Å². The predicted octanol–water partition coefficient (Wildman–Crippen LogP) is 2.31. The van der Waals surface area contributed by atoms with E-state index in [0.717, 1.165) is 6.42 Å². The van der Waals surface area contributed by atoms with Crippen LogP contribution in [0.1, 0.15) is 19.8 Å². The molecule has 0 amide bonds. The summed E-state index contributed by atoms with van der Waals surface area (Å²) >= 11 is 5.62. The van der Waals surface area contributed by atoms with E-state index in [2.05, 4.69) is 0 Å². The van der Waals surface area contributed by atoms with Crippen LogP contribution in [-0.4, -0.2) is 19.8 Å². The minimum atomic E-state index is -1.86. The Balaban J connectivity index is 3.74. The normalized spacial score (nSPS) is 11.3. The Bertz CT molecular complexity index is 136. The first kappa shape index (κ1) is 11.0. The fraction of sp³-hybridized carbons (Fsp3) is 0.857. The van der Waals surface area contributed by atoms with Crippen LogP contribution < -0.4 is 0 Å². The van der Waals surface area contributed by atoms with Crippen molar-refractivity contribution in [1.29, 1.82) is 0 Å². The van der Waals surface area contributed by atoms with E-state index < -0.39 is 8.32 Å². The number of alkyl halides is 1. The molecule has 0 bridgehead atoms. The first-order chi connectivity index (χ1) is 5.02. The molecule has 0 aromatic rings. The molecule has 0 aromatic carbocycles. The summed E-state index contributed by atoms with van der Waals surface area (Å²) in [5.74, 6) is -0.107. The summed E-state index contributed by atoms with van der Waals surface area (Å²) in [4.78, 5) is 11.0. The zero-order valence-corrected chi connectivity index (χ0v) is 9.07. The molecule has 11 heavy (non-hydrogen) atoms. The number of hydrogen-bond donors (Lipinski definition) is 0. The van der Waals surface area contributed by atoms with E-state index in [-0.39, 0.29) is 5.97 Å². The number of carbonyl (C=O) groups is 1. The Morgan fingerprint density at radius 3 is 2.45 bits per heavy atom. The summed E-state index contributed by atoms with van der Waals surface area (Å²) in [5.41, 5.74) is 0.475. The predicted molar refractivity (Wildman–Crippen MR) is 49.2 cm³/mol. The highest BCUT2D eigenvalue weighted by atomic mass is 35.5. The number of carbonyl (C=O) groups excluding carboxylic acids is 1. The molecule has 0 unspecified atom stereocenters. The number of rotatable bonds is 4. The summed E-state index contributed by atoms with van der Waals surface area (Å²) in [6.07, 6.45) is 1.35. The summed E-state index contributed by atoms with van der Waals surface area (Å²) < 4.78 is 5.20. The molecule has 0 spiro atoms. The lowest BCUT2D eigenvalue weighted by Gasteiger charge is -2.19. The van der Waals surface area contributed by atoms with Gasteiger partial charge in [0.25, 0.3) is 14.3 Å². The monoisotopic (exact) mass is 194 g/mol. The molecule has 66 valence electrons. The van der Waals surface area contributed by atoms with Crippen LogP contribution in [0, 0.1) is 0 Å². The van der Waals surface area contributed by atoms with Gasteiger partial charge in [0, 0.05) is 6.42 Å². The second-order valence-electron chi connectivity index (χ2n) is 3.12. The fourth-order valence-corrected chi connectivity index (χ4v) is 1.53. The van der Waals surface area contributed by atoms with Crippen molar-refractivity contribution in [1.82, 2.24) is 0 Å². The molecule has 0 saturated carbocycles. The molecule has 4 heteroatoms. The van der Waals surface area contributed by atoms with Gasteiger partial charge >= 0.3 is 0 Å². The summed E-state index contributed by atoms with van der Waals surface area (Å²) in [6, 6.07) is 0. The van der Waals surface area contributed by atoms with Crippen molar-refractivity contribution in [3.05, 3.63) is 0 Å². The van der Waals surface area contributed by atoms with E-state index in [1.54, 1.807) is 0 Å². The SMILES string of the molecule is CCCC(=O)O[Si](C)(C)CCl. The van der Waals surface area contributed by atoms with Crippen molar-refractivity contribution < 1.29 is 9.22 Å². The largest absolute Gasteiger partial charge is 0.518 e. The third-order valence-corrected chi connectivity index (χ3v) is 4.52. The van der Waals surface area contributed by atoms with Gasteiger partial charge in [-0.25, -0.2) is 0 Å². The second-order valence-corrected chi connectivity index (χ2v) is 7.91. The van der Waals surface area contributed by atoms with E-state index in [1.165, 1.54) is 0 Å². The molecule has 0 aromatic heterocycles. The Morgan fingerprint density at radius 1 is 1.55 bits per heavy atom. The molecule has 0 rings (SSSR count). The molecular weight excluding hydrogens is 180 g/mol. The molecule has 0 heterocycles. The molecular formula is C7H15ClO2Si. The first-order valence-corrected chi connectivity index (χ1v) is 7.44. The second kappa shape index (κ2) is 4.77. The molecule has 0 saturated heterocycles. The quantitative estimate of drug-likeness (QED) is 0.507. The van der Waals surface area contributed by atoms with E-state index >= 15 is 0 Å². The molecule has 0 atom stereocenters. The first-order valence-electron chi connectivity index (χ1n) is 3.79. The Hall–Kier alpha value is -0.0231. The zero-order valence-electron chi connectivity index (χ0n) is 7.32. The van der Waals surface area contributed by atoms with Gasteiger partial charge in [0.1, 0.15) is 0 Å². The highest BCUT2D eigenvalue weighted by molar-refractivity contribution is 6.78. The molecule has 0 aliphatic rings. The number of halogens is 1. The van der Waals surface area contributed by atoms with E-state index in [4.69, 9.17) is 16.0 Å². The lowest BCUT2D eigenvalue weighted by Crippen LogP contribution is -2.35. The van der Waals surface area contributed by atoms with Crippen molar-refractivity contribution in [3.63, 3.8) is 0 Å². The van der Waals surface area contributed by atoms with Gasteiger partial charge in [-0.1, -0.05) is 6.92 Å². The molecule has 0 fully saturated rings. The Labute approximate surface area is 74.0 Å². The van der Waals surface area contributed by atoms with Crippen molar-refractivity contribution in [2.45, 2.75) is 32.9 Å². The van der Waals surface area contributed by atoms with E-state index in [0.29, 0.717) is 11.9 Å². The van der Waals surface area contributed by atoms with Gasteiger partial charge in [-0.2, -0.15) is 0 Å². The van der Waals surface area contributed by atoms with Crippen LogP contribution in [0.25, 0.3) is 0 Å². The maximum absolute atomic E-state index is 11.0. The van der Waals surface area contributed by atoms with Crippen molar-refractivity contribution in [3.8, 4) is 0 Å². The van der Waals surface area contributed by atoms with Gasteiger partial charge in [-0.05, 0) is 19.5 Å². The average molecular weight is 195 g/mol. The van der Waals surface area contributed by atoms with Crippen LogP contribution in [0.3, 0.4) is 0 Å². The van der Waals surface area contributed by atoms with Crippen LogP contribution in [0.5, 0.6) is 0 Å². The Morgan fingerprint density at radius 2 is 2.09 bits per heavy atom. The number of hydrogen-bond acceptors (Lipinski definition) is 2. The molecule has 0 radical (unpaired) electrons. The highest BCUT2D eigenvalue weighted by Crippen LogP contribution is 2.08. The van der Waals surface area contributed by atoms with Crippen LogP contribution in [0.4, 0.5) is 0 Å². The van der Waals surface area contributed by atoms with Gasteiger partial charge in [0.05, 0.1) is 5.50 Å². The minimum absolute atomic E-state index is 0.107. The maximum atomic E-state index is 11.0. The molecule has 0 aliphatic carbocycles. The van der Waals surface area contributed by atoms with E-state index in [1.807, 2.05) is 20.0 Å². The van der Waals surface area contributed by atoms with E-state index in [9.17, 15) is 4.79 Å². The van der Waals surface area contributed by atoms with Crippen LogP contribution in [-0.2, 0) is 9.22 Å². The lowest BCUT2D eigenvalue weighted by atomic mass is 10.4. The third kappa shape index (κ3) is 5.27. The van der Waals surface area contributed by atoms with Crippen molar-refractivity contribution >= 4 is 25.9 Å². The van der Waals surface area contributed by atoms with Crippen molar-refractivity contribution in [2.75, 3.05) is 5.50 Å². The van der Waals surface area contributed by atoms with Crippen molar-refractivity contribution in [2.24, 2.45) is 0 Å². The van der Waals surface area contributed by atoms with Gasteiger partial charge in [-0.15, -0.1) is 11.6 Å². The minimum Gasteiger partial charge on any atom is -0.518 e. The van der Waals surface area contributed by atoms with Gasteiger partial charge in [0.2, 0.25) is 0 Å². The summed E-state index contributed by atoms with van der Waals surface area (Å²) in [6.45, 7) is 5.83. The smallest absolute Gasteiger partial charge is 0.292 e. The fourth-order valence-electron chi connectivity index (χ4n) is 0.591. The van der Waals surface area contributed by atoms with Gasteiger partial charge in [-0.3, -0.25) is 4.79 Å². The standard InChI is InChI=1S/C7H15ClO2Si/c1-4-5-7(9)10-11(2,3)6-8/h4-6H2,1-3H3. The maximum Gasteiger partial charge on any atom is 0.292 e. The lowest BCUT2D eigenvalue weighted by molar-refractivity contribution is -0.135. The topological polar surface area (TPSA) is 26.3 Å². The zero-order chi connectivity index (χ0) is 8.91. The van der Waals surface area contributed by atoms with Crippen LogP contribution in [0.2, 0.25) is 13.1 Å². The molecule has 2 nitrogen and oxygen atoms in total. The Kier molecular flexibility index (Phi) is 4.76. The third-order valence-electron chi connectivity index (χ3n) is 1.17. The van der Waals surface area contributed by atoms with Crippen LogP contribution in [0.15, 0.2) is 0 Å². The summed E-state index contributed by atoms with van der Waals surface area (Å²) in [7, 11) is -1.86. The molecule has 0 aliphatic heterocycles. The van der Waals surface area contributed by atoms with Gasteiger partial charge < -0.3 is 4.43 Å². The van der Waals surface area contributed by atoms with Gasteiger partial charge in [0.15, 0.2) is 0 Å².